The van der Waals surface area contributed by atoms with Crippen LogP contribution in [0.25, 0.3) is 22.3 Å². The number of benzene rings is 1. The molecular weight excluding hydrogens is 450 g/mol. The summed E-state index contributed by atoms with van der Waals surface area (Å²) in [7, 11) is 2.10. The van der Waals surface area contributed by atoms with Gasteiger partial charge in [-0.2, -0.15) is 0 Å². The van der Waals surface area contributed by atoms with Gasteiger partial charge in [0.1, 0.15) is 12.4 Å². The average molecular weight is 480 g/mol. The Morgan fingerprint density at radius 3 is 2.53 bits per heavy atom. The molecule has 8 heteroatoms. The molecule has 0 radical (unpaired) electrons. The first kappa shape index (κ1) is 21.5. The molecule has 8 nitrogen and oxygen atoms in total. The number of dihydropyridines is 2. The van der Waals surface area contributed by atoms with Crippen LogP contribution < -0.4 is 0 Å². The van der Waals surface area contributed by atoms with Gasteiger partial charge in [0.25, 0.3) is 0 Å². The molecule has 1 saturated heterocycles. The molecule has 1 amide bonds. The highest BCUT2D eigenvalue weighted by molar-refractivity contribution is 5.95. The maximum Gasteiger partial charge on any atom is 0.242 e. The number of carbonyl (C=O) groups excluding carboxylic acids is 1. The van der Waals surface area contributed by atoms with Crippen LogP contribution in [0.3, 0.4) is 0 Å². The second-order valence-electron chi connectivity index (χ2n) is 10.2. The number of carbonyl (C=O) groups is 1. The Labute approximate surface area is 209 Å². The minimum Gasteiger partial charge on any atom is -0.341 e. The molecule has 1 N–H and O–H groups in total. The normalized spacial score (nSPS) is 26.8. The number of piperazine rings is 1. The molecule has 1 fully saturated rings. The zero-order valence-electron chi connectivity index (χ0n) is 20.3. The van der Waals surface area contributed by atoms with Crippen molar-refractivity contribution in [1.29, 1.82) is 0 Å². The van der Waals surface area contributed by atoms with Crippen LogP contribution in [0.1, 0.15) is 23.2 Å². The largest absolute Gasteiger partial charge is 0.341 e. The lowest BCUT2D eigenvalue weighted by atomic mass is 9.74. The van der Waals surface area contributed by atoms with Crippen molar-refractivity contribution in [2.24, 2.45) is 9.98 Å². The Hall–Kier alpha value is -3.78. The van der Waals surface area contributed by atoms with E-state index in [-0.39, 0.29) is 29.8 Å². The second-order valence-corrected chi connectivity index (χ2v) is 10.2. The summed E-state index contributed by atoms with van der Waals surface area (Å²) < 4.78 is 2.08. The Morgan fingerprint density at radius 2 is 1.72 bits per heavy atom. The summed E-state index contributed by atoms with van der Waals surface area (Å²) in [5.74, 6) is 1.23. The van der Waals surface area contributed by atoms with Crippen LogP contribution >= 0.6 is 0 Å². The number of H-pyrrole nitrogens is 1. The van der Waals surface area contributed by atoms with E-state index in [1.54, 1.807) is 0 Å². The fraction of sp³-hybridized carbons (Fsp3) is 0.357. The number of hydrogen-bond acceptors (Lipinski definition) is 5. The summed E-state index contributed by atoms with van der Waals surface area (Å²) >= 11 is 0. The topological polar surface area (TPSA) is 81.9 Å². The maximum absolute atomic E-state index is 13.2. The van der Waals surface area contributed by atoms with Gasteiger partial charge in [-0.3, -0.25) is 14.8 Å². The maximum atomic E-state index is 13.2. The Kier molecular flexibility index (Phi) is 5.02. The average Bonchev–Trinajstić information content (AvgIpc) is 3.52. The van der Waals surface area contributed by atoms with Crippen LogP contribution in [0.5, 0.6) is 0 Å². The number of nitrogens with zero attached hydrogens (tertiary/aromatic N) is 6. The van der Waals surface area contributed by atoms with Crippen molar-refractivity contribution in [3.05, 3.63) is 66.2 Å². The van der Waals surface area contributed by atoms with E-state index in [2.05, 4.69) is 52.0 Å². The van der Waals surface area contributed by atoms with Crippen molar-refractivity contribution < 1.29 is 4.79 Å². The molecule has 4 unspecified atom stereocenters. The number of imidazole rings is 1. The van der Waals surface area contributed by atoms with Gasteiger partial charge in [-0.05, 0) is 25.3 Å². The number of para-hydroxylation sites is 1. The Balaban J connectivity index is 1.27. The van der Waals surface area contributed by atoms with Gasteiger partial charge in [-0.15, -0.1) is 0 Å². The summed E-state index contributed by atoms with van der Waals surface area (Å²) in [6.07, 6.45) is 14.3. The van der Waals surface area contributed by atoms with Gasteiger partial charge >= 0.3 is 0 Å². The van der Waals surface area contributed by atoms with Crippen molar-refractivity contribution in [3.8, 4) is 11.4 Å². The summed E-state index contributed by atoms with van der Waals surface area (Å²) in [5, 5.41) is 1.09. The minimum atomic E-state index is 0.0624. The van der Waals surface area contributed by atoms with E-state index in [0.717, 1.165) is 59.9 Å². The van der Waals surface area contributed by atoms with Gasteiger partial charge in [0.15, 0.2) is 0 Å². The summed E-state index contributed by atoms with van der Waals surface area (Å²) in [6, 6.07) is 8.41. The van der Waals surface area contributed by atoms with E-state index in [1.165, 1.54) is 0 Å². The summed E-state index contributed by atoms with van der Waals surface area (Å²) in [6.45, 7) is 3.73. The molecule has 1 aliphatic carbocycles. The molecule has 2 aromatic heterocycles. The van der Waals surface area contributed by atoms with Crippen LogP contribution in [-0.4, -0.2) is 88.0 Å². The molecule has 182 valence electrons. The molecule has 1 aromatic carbocycles. The smallest absolute Gasteiger partial charge is 0.242 e. The predicted octanol–water partition coefficient (Wildman–Crippen LogP) is 3.00. The summed E-state index contributed by atoms with van der Waals surface area (Å²) in [5.41, 5.74) is 4.24. The molecule has 5 heterocycles. The number of rotatable bonds is 3. The van der Waals surface area contributed by atoms with E-state index in [9.17, 15) is 4.79 Å². The van der Waals surface area contributed by atoms with Crippen molar-refractivity contribution in [3.63, 3.8) is 0 Å². The fourth-order valence-corrected chi connectivity index (χ4v) is 6.07. The number of likely N-dealkylation sites (N-methyl/N-ethyl adjacent to an activating group) is 1. The third-order valence-corrected chi connectivity index (χ3v) is 8.03. The lowest BCUT2D eigenvalue weighted by Crippen LogP contribution is -2.48. The van der Waals surface area contributed by atoms with Gasteiger partial charge in [-0.25, -0.2) is 4.98 Å². The number of nitrogens with one attached hydrogen (secondary N) is 1. The highest BCUT2D eigenvalue weighted by atomic mass is 16.2. The number of hydrogen-bond donors (Lipinski definition) is 1. The van der Waals surface area contributed by atoms with Crippen LogP contribution in [0, 0.1) is 0 Å². The number of aromatic amines is 1. The first-order valence-corrected chi connectivity index (χ1v) is 12.7. The number of allylic oxidation sites excluding steroid dienone is 2. The molecule has 0 bridgehead atoms. The van der Waals surface area contributed by atoms with Crippen molar-refractivity contribution in [1.82, 2.24) is 24.3 Å². The number of aromatic nitrogens is 3. The van der Waals surface area contributed by atoms with Crippen molar-refractivity contribution >= 4 is 29.2 Å². The zero-order valence-corrected chi connectivity index (χ0v) is 20.3. The zero-order chi connectivity index (χ0) is 24.2. The lowest BCUT2D eigenvalue weighted by Gasteiger charge is -2.37. The molecule has 0 spiro atoms. The van der Waals surface area contributed by atoms with E-state index < -0.39 is 0 Å². The molecule has 36 heavy (non-hydrogen) atoms. The van der Waals surface area contributed by atoms with Gasteiger partial charge in [0.2, 0.25) is 5.91 Å². The molecule has 3 aromatic rings. The highest BCUT2D eigenvalue weighted by Gasteiger charge is 2.44. The Bertz CT molecular complexity index is 1400. The van der Waals surface area contributed by atoms with E-state index in [0.29, 0.717) is 6.54 Å². The van der Waals surface area contributed by atoms with Gasteiger partial charge in [-0.1, -0.05) is 30.4 Å². The van der Waals surface area contributed by atoms with Crippen LogP contribution in [0.2, 0.25) is 0 Å². The quantitative estimate of drug-likeness (QED) is 0.627. The van der Waals surface area contributed by atoms with Crippen LogP contribution in [-0.2, 0) is 11.3 Å². The molecular formula is C28H29N7O. The van der Waals surface area contributed by atoms with E-state index in [1.807, 2.05) is 41.6 Å². The van der Waals surface area contributed by atoms with Gasteiger partial charge in [0.05, 0.1) is 17.8 Å². The standard InChI is InChI=1S/C28H29N7O/c1-33-12-14-34(15-13-33)23(36)17-35-16-21(18-6-2-3-9-22(18)35)28-31-26-19-7-4-10-29-24(19)25-20(27(26)32-28)8-5-11-30-25/h2-11,16,19-20,24-25H,12-15,17H2,1H3,(H,31,32). The molecule has 3 aliphatic heterocycles. The minimum absolute atomic E-state index is 0.0624. The highest BCUT2D eigenvalue weighted by Crippen LogP contribution is 2.45. The lowest BCUT2D eigenvalue weighted by molar-refractivity contribution is -0.133. The molecule has 0 saturated carbocycles. The van der Waals surface area contributed by atoms with E-state index in [4.69, 9.17) is 15.0 Å². The monoisotopic (exact) mass is 479 g/mol. The van der Waals surface area contributed by atoms with Gasteiger partial charge in [0, 0.05) is 78.8 Å². The van der Waals surface area contributed by atoms with Gasteiger partial charge < -0.3 is 19.4 Å². The van der Waals surface area contributed by atoms with Crippen LogP contribution in [0.4, 0.5) is 0 Å². The third-order valence-electron chi connectivity index (χ3n) is 8.03. The predicted molar refractivity (Wildman–Crippen MR) is 142 cm³/mol. The molecule has 7 rings (SSSR count). The van der Waals surface area contributed by atoms with E-state index >= 15 is 0 Å². The summed E-state index contributed by atoms with van der Waals surface area (Å²) in [4.78, 5) is 35.8. The van der Waals surface area contributed by atoms with Crippen molar-refractivity contribution in [2.75, 3.05) is 33.2 Å². The fourth-order valence-electron chi connectivity index (χ4n) is 6.07. The number of aliphatic imine (C=N–C) groups is 2. The molecule has 4 atom stereocenters. The number of fused-ring (bicyclic) bond motifs is 7. The first-order chi connectivity index (χ1) is 17.7. The SMILES string of the molecule is CN1CCN(C(=O)Cn2cc(-c3nc4c([nH]3)C3C=CC=NC3C3N=CC=CC43)c3ccccc32)CC1. The van der Waals surface area contributed by atoms with Crippen LogP contribution in [0.15, 0.2) is 64.8 Å². The first-order valence-electron chi connectivity index (χ1n) is 12.7. The van der Waals surface area contributed by atoms with Crippen molar-refractivity contribution in [2.45, 2.75) is 30.5 Å². The molecule has 4 aliphatic rings. The second kappa shape index (κ2) is 8.41. The Morgan fingerprint density at radius 1 is 1.00 bits per heavy atom. The number of amides is 1. The third kappa shape index (κ3) is 3.39.